The molecule has 0 spiro atoms. The maximum Gasteiger partial charge on any atom is 0.298 e. The second-order valence-corrected chi connectivity index (χ2v) is 9.24. The molecule has 2 heterocycles. The molecule has 1 saturated heterocycles. The third-order valence-electron chi connectivity index (χ3n) is 4.97. The zero-order valence-electron chi connectivity index (χ0n) is 16.0. The van der Waals surface area contributed by atoms with E-state index in [0.717, 1.165) is 30.5 Å². The van der Waals surface area contributed by atoms with Crippen LogP contribution < -0.4 is 14.9 Å². The van der Waals surface area contributed by atoms with Gasteiger partial charge in [0, 0.05) is 18.1 Å². The summed E-state index contributed by atoms with van der Waals surface area (Å²) >= 11 is 5.84. The van der Waals surface area contributed by atoms with E-state index >= 15 is 0 Å². The van der Waals surface area contributed by atoms with Crippen LogP contribution >= 0.6 is 11.6 Å². The highest BCUT2D eigenvalue weighted by molar-refractivity contribution is 7.89. The Balaban J connectivity index is 1.33. The SMILES string of the molecule is O=C(CNS(=O)(=O)c1cccc(Cl)c1)NC[C@@H]1CCCN1c1nc2ccccc2o1. The van der Waals surface area contributed by atoms with Gasteiger partial charge in [0.2, 0.25) is 15.9 Å². The van der Waals surface area contributed by atoms with E-state index in [4.69, 9.17) is 16.0 Å². The summed E-state index contributed by atoms with van der Waals surface area (Å²) in [6.45, 7) is 0.801. The first kappa shape index (κ1) is 20.6. The Morgan fingerprint density at radius 1 is 1.23 bits per heavy atom. The molecule has 4 rings (SSSR count). The Hall–Kier alpha value is -2.62. The molecule has 1 atom stereocenters. The van der Waals surface area contributed by atoms with Crippen LogP contribution in [0.1, 0.15) is 12.8 Å². The minimum atomic E-state index is -3.81. The minimum Gasteiger partial charge on any atom is -0.423 e. The maximum atomic E-state index is 12.3. The van der Waals surface area contributed by atoms with Gasteiger partial charge in [-0.25, -0.2) is 13.1 Å². The third kappa shape index (κ3) is 4.58. The van der Waals surface area contributed by atoms with Crippen molar-refractivity contribution in [1.29, 1.82) is 0 Å². The second-order valence-electron chi connectivity index (χ2n) is 7.04. The van der Waals surface area contributed by atoms with Crippen LogP contribution in [0.25, 0.3) is 11.1 Å². The number of aromatic nitrogens is 1. The molecule has 10 heteroatoms. The van der Waals surface area contributed by atoms with Crippen molar-refractivity contribution in [2.24, 2.45) is 0 Å². The number of oxazole rings is 1. The van der Waals surface area contributed by atoms with Gasteiger partial charge in [-0.15, -0.1) is 0 Å². The Labute approximate surface area is 179 Å². The van der Waals surface area contributed by atoms with E-state index in [1.807, 2.05) is 29.2 Å². The van der Waals surface area contributed by atoms with Crippen LogP contribution in [-0.4, -0.2) is 45.0 Å². The average Bonchev–Trinajstić information content (AvgIpc) is 3.37. The average molecular weight is 449 g/mol. The summed E-state index contributed by atoms with van der Waals surface area (Å²) < 4.78 is 32.7. The van der Waals surface area contributed by atoms with E-state index in [0.29, 0.717) is 17.6 Å². The largest absolute Gasteiger partial charge is 0.423 e. The molecule has 0 unspecified atom stereocenters. The normalized spacial score (nSPS) is 16.8. The molecule has 1 fully saturated rings. The van der Waals surface area contributed by atoms with E-state index in [9.17, 15) is 13.2 Å². The number of fused-ring (bicyclic) bond motifs is 1. The molecule has 30 heavy (non-hydrogen) atoms. The zero-order valence-corrected chi connectivity index (χ0v) is 17.6. The number of nitrogens with zero attached hydrogens (tertiary/aromatic N) is 2. The summed E-state index contributed by atoms with van der Waals surface area (Å²) in [4.78, 5) is 18.8. The van der Waals surface area contributed by atoms with E-state index in [-0.39, 0.29) is 17.5 Å². The zero-order chi connectivity index (χ0) is 21.1. The quantitative estimate of drug-likeness (QED) is 0.575. The molecule has 0 bridgehead atoms. The number of para-hydroxylation sites is 2. The van der Waals surface area contributed by atoms with Crippen molar-refractivity contribution >= 4 is 44.6 Å². The number of anilines is 1. The number of halogens is 1. The number of amides is 1. The molecule has 0 radical (unpaired) electrons. The lowest BCUT2D eigenvalue weighted by Crippen LogP contribution is -2.43. The number of rotatable bonds is 7. The molecule has 1 aliphatic heterocycles. The highest BCUT2D eigenvalue weighted by atomic mass is 35.5. The van der Waals surface area contributed by atoms with Gasteiger partial charge in [-0.05, 0) is 43.2 Å². The Bertz CT molecular complexity index is 1130. The molecule has 3 aromatic rings. The van der Waals surface area contributed by atoms with Crippen LogP contribution in [0, 0.1) is 0 Å². The van der Waals surface area contributed by atoms with E-state index in [1.165, 1.54) is 18.2 Å². The van der Waals surface area contributed by atoms with Crippen LogP contribution in [0.3, 0.4) is 0 Å². The number of sulfonamides is 1. The molecule has 1 aliphatic rings. The summed E-state index contributed by atoms with van der Waals surface area (Å²) in [5.74, 6) is -0.412. The van der Waals surface area contributed by atoms with Crippen LogP contribution in [0.5, 0.6) is 0 Å². The highest BCUT2D eigenvalue weighted by Crippen LogP contribution is 2.28. The van der Waals surface area contributed by atoms with Gasteiger partial charge in [0.25, 0.3) is 6.01 Å². The molecule has 0 saturated carbocycles. The van der Waals surface area contributed by atoms with Crippen molar-refractivity contribution in [3.63, 3.8) is 0 Å². The first-order chi connectivity index (χ1) is 14.4. The van der Waals surface area contributed by atoms with Gasteiger partial charge in [0.1, 0.15) is 5.52 Å². The fraction of sp³-hybridized carbons (Fsp3) is 0.300. The molecule has 158 valence electrons. The smallest absolute Gasteiger partial charge is 0.298 e. The number of hydrogen-bond donors (Lipinski definition) is 2. The van der Waals surface area contributed by atoms with Crippen molar-refractivity contribution in [2.75, 3.05) is 24.5 Å². The lowest BCUT2D eigenvalue weighted by Gasteiger charge is -2.23. The molecule has 1 amide bonds. The fourth-order valence-electron chi connectivity index (χ4n) is 3.45. The summed E-state index contributed by atoms with van der Waals surface area (Å²) in [7, 11) is -3.81. The maximum absolute atomic E-state index is 12.3. The molecule has 2 N–H and O–H groups in total. The highest BCUT2D eigenvalue weighted by Gasteiger charge is 2.28. The van der Waals surface area contributed by atoms with Crippen molar-refractivity contribution in [3.8, 4) is 0 Å². The topological polar surface area (TPSA) is 105 Å². The Morgan fingerprint density at radius 2 is 2.07 bits per heavy atom. The van der Waals surface area contributed by atoms with Crippen molar-refractivity contribution < 1.29 is 17.6 Å². The minimum absolute atomic E-state index is 0.0146. The van der Waals surface area contributed by atoms with Gasteiger partial charge in [-0.1, -0.05) is 29.8 Å². The molecular weight excluding hydrogens is 428 g/mol. The predicted molar refractivity (Wildman–Crippen MR) is 114 cm³/mol. The molecule has 0 aliphatic carbocycles. The van der Waals surface area contributed by atoms with Gasteiger partial charge in [-0.3, -0.25) is 4.79 Å². The molecular formula is C20H21ClN4O4S. The van der Waals surface area contributed by atoms with Crippen LogP contribution in [0.15, 0.2) is 57.8 Å². The molecule has 1 aromatic heterocycles. The Morgan fingerprint density at radius 3 is 2.87 bits per heavy atom. The monoisotopic (exact) mass is 448 g/mol. The number of hydrogen-bond acceptors (Lipinski definition) is 6. The standard InChI is InChI=1S/C20H21ClN4O4S/c21-14-5-3-7-16(11-14)30(27,28)23-13-19(26)22-12-15-6-4-10-25(15)20-24-17-8-1-2-9-18(17)29-20/h1-3,5,7-9,11,15,23H,4,6,10,12-13H2,(H,22,26)/t15-/m0/s1. The van der Waals surface area contributed by atoms with E-state index in [2.05, 4.69) is 15.0 Å². The van der Waals surface area contributed by atoms with Crippen LogP contribution in [0.4, 0.5) is 6.01 Å². The number of carbonyl (C=O) groups is 1. The van der Waals surface area contributed by atoms with Gasteiger partial charge >= 0.3 is 0 Å². The number of benzene rings is 2. The first-order valence-electron chi connectivity index (χ1n) is 9.56. The first-order valence-corrected chi connectivity index (χ1v) is 11.4. The van der Waals surface area contributed by atoms with E-state index < -0.39 is 15.9 Å². The lowest BCUT2D eigenvalue weighted by atomic mass is 10.2. The summed E-state index contributed by atoms with van der Waals surface area (Å²) in [5.41, 5.74) is 1.51. The van der Waals surface area contributed by atoms with Crippen LogP contribution in [0.2, 0.25) is 5.02 Å². The summed E-state index contributed by atoms with van der Waals surface area (Å²) in [6, 6.07) is 14.0. The summed E-state index contributed by atoms with van der Waals surface area (Å²) in [5, 5.41) is 3.10. The van der Waals surface area contributed by atoms with Crippen LogP contribution in [-0.2, 0) is 14.8 Å². The van der Waals surface area contributed by atoms with E-state index in [1.54, 1.807) is 6.07 Å². The molecule has 8 nitrogen and oxygen atoms in total. The fourth-order valence-corrected chi connectivity index (χ4v) is 4.74. The number of carbonyl (C=O) groups excluding carboxylic acids is 1. The second kappa shape index (κ2) is 8.63. The Kier molecular flexibility index (Phi) is 5.94. The van der Waals surface area contributed by atoms with Crippen molar-refractivity contribution in [3.05, 3.63) is 53.6 Å². The summed E-state index contributed by atoms with van der Waals surface area (Å²) in [6.07, 6.45) is 1.84. The van der Waals surface area contributed by atoms with Gasteiger partial charge in [0.15, 0.2) is 5.58 Å². The van der Waals surface area contributed by atoms with Gasteiger partial charge in [0.05, 0.1) is 17.5 Å². The van der Waals surface area contributed by atoms with Crippen molar-refractivity contribution in [1.82, 2.24) is 15.0 Å². The van der Waals surface area contributed by atoms with Gasteiger partial charge in [-0.2, -0.15) is 4.98 Å². The third-order valence-corrected chi connectivity index (χ3v) is 6.60. The lowest BCUT2D eigenvalue weighted by molar-refractivity contribution is -0.120. The number of nitrogens with one attached hydrogen (secondary N) is 2. The molecule has 2 aromatic carbocycles. The van der Waals surface area contributed by atoms with Crippen molar-refractivity contribution in [2.45, 2.75) is 23.8 Å². The van der Waals surface area contributed by atoms with Gasteiger partial charge < -0.3 is 14.6 Å². The predicted octanol–water partition coefficient (Wildman–Crippen LogP) is 2.54.